The van der Waals surface area contributed by atoms with E-state index >= 15 is 0 Å². The summed E-state index contributed by atoms with van der Waals surface area (Å²) in [6.45, 7) is 2.58. The molecule has 4 nitrogen and oxygen atoms in total. The Morgan fingerprint density at radius 3 is 2.48 bits per heavy atom. The Kier molecular flexibility index (Phi) is 6.21. The second kappa shape index (κ2) is 9.20. The van der Waals surface area contributed by atoms with E-state index in [1.807, 2.05) is 72.4 Å². The third kappa shape index (κ3) is 4.71. The van der Waals surface area contributed by atoms with Crippen molar-refractivity contribution in [3.05, 3.63) is 107 Å². The summed E-state index contributed by atoms with van der Waals surface area (Å²) in [5.41, 5.74) is 4.91. The van der Waals surface area contributed by atoms with Gasteiger partial charge in [0.1, 0.15) is 11.6 Å². The topological polar surface area (TPSA) is 50.1 Å². The number of nitrogens with one attached hydrogen (secondary N) is 1. The number of para-hydroxylation sites is 1. The summed E-state index contributed by atoms with van der Waals surface area (Å²) in [6.07, 6.45) is 0.870. The van der Waals surface area contributed by atoms with Crippen LogP contribution in [0.3, 0.4) is 0 Å². The van der Waals surface area contributed by atoms with Crippen LogP contribution >= 0.6 is 0 Å². The van der Waals surface area contributed by atoms with Crippen molar-refractivity contribution in [3.63, 3.8) is 0 Å². The highest BCUT2D eigenvalue weighted by Crippen LogP contribution is 2.25. The number of hydrogen-bond acceptors (Lipinski definition) is 3. The number of halogens is 2. The van der Waals surface area contributed by atoms with Crippen molar-refractivity contribution in [1.82, 2.24) is 15.1 Å². The maximum absolute atomic E-state index is 13.9. The van der Waals surface area contributed by atoms with Crippen molar-refractivity contribution < 1.29 is 13.9 Å². The highest BCUT2D eigenvalue weighted by molar-refractivity contribution is 5.63. The first-order valence-corrected chi connectivity index (χ1v) is 10.1. The molecule has 1 atom stereocenters. The molecule has 0 radical (unpaired) electrons. The first-order valence-electron chi connectivity index (χ1n) is 10.1. The Hall–Kier alpha value is -3.35. The van der Waals surface area contributed by atoms with E-state index in [0.29, 0.717) is 6.54 Å². The Morgan fingerprint density at radius 2 is 1.74 bits per heavy atom. The second-order valence-electron chi connectivity index (χ2n) is 7.41. The predicted molar refractivity (Wildman–Crippen MR) is 117 cm³/mol. The zero-order chi connectivity index (χ0) is 21.8. The maximum atomic E-state index is 13.9. The zero-order valence-electron chi connectivity index (χ0n) is 17.1. The quantitative estimate of drug-likeness (QED) is 0.446. The molecule has 4 aromatic rings. The van der Waals surface area contributed by atoms with Crippen LogP contribution < -0.4 is 5.32 Å². The third-order valence-corrected chi connectivity index (χ3v) is 5.17. The van der Waals surface area contributed by atoms with Crippen LogP contribution in [0.5, 0.6) is 0 Å². The van der Waals surface area contributed by atoms with Gasteiger partial charge in [0.2, 0.25) is 0 Å². The Balaban J connectivity index is 1.56. The summed E-state index contributed by atoms with van der Waals surface area (Å²) >= 11 is 0. The number of aromatic nitrogens is 2. The minimum absolute atomic E-state index is 0.0628. The average molecular weight is 419 g/mol. The van der Waals surface area contributed by atoms with Gasteiger partial charge in [-0.05, 0) is 24.6 Å². The molecule has 0 saturated carbocycles. The summed E-state index contributed by atoms with van der Waals surface area (Å²) < 4.78 is 28.9. The van der Waals surface area contributed by atoms with Crippen LogP contribution in [0.1, 0.15) is 22.8 Å². The first kappa shape index (κ1) is 20.9. The van der Waals surface area contributed by atoms with Crippen LogP contribution in [0.2, 0.25) is 0 Å². The molecule has 0 saturated heterocycles. The highest BCUT2D eigenvalue weighted by atomic mass is 19.1. The lowest BCUT2D eigenvalue weighted by Crippen LogP contribution is -2.22. The van der Waals surface area contributed by atoms with Gasteiger partial charge in [-0.1, -0.05) is 54.6 Å². The number of benzene rings is 3. The average Bonchev–Trinajstić information content (AvgIpc) is 3.18. The lowest BCUT2D eigenvalue weighted by atomic mass is 10.1. The number of aliphatic hydroxyl groups excluding tert-OH is 1. The number of nitrogens with zero attached hydrogens (tertiary/aromatic N) is 2. The minimum Gasteiger partial charge on any atom is -0.387 e. The van der Waals surface area contributed by atoms with E-state index in [4.69, 9.17) is 5.10 Å². The van der Waals surface area contributed by atoms with Crippen LogP contribution in [0.4, 0.5) is 8.78 Å². The molecule has 3 aromatic carbocycles. The molecule has 0 amide bonds. The van der Waals surface area contributed by atoms with Crippen molar-refractivity contribution in [2.75, 3.05) is 6.54 Å². The van der Waals surface area contributed by atoms with Gasteiger partial charge in [-0.2, -0.15) is 5.10 Å². The van der Waals surface area contributed by atoms with Crippen LogP contribution in [0.25, 0.3) is 16.9 Å². The SMILES string of the molecule is Cc1ccccc1-n1cc(CNCC(O)c2ccc(F)cc2F)c(-c2ccccc2)n1. The lowest BCUT2D eigenvalue weighted by Gasteiger charge is -2.13. The summed E-state index contributed by atoms with van der Waals surface area (Å²) in [6, 6.07) is 21.0. The van der Waals surface area contributed by atoms with Gasteiger partial charge in [0.05, 0.1) is 17.5 Å². The fourth-order valence-electron chi connectivity index (χ4n) is 3.55. The van der Waals surface area contributed by atoms with Gasteiger partial charge in [-0.15, -0.1) is 0 Å². The molecule has 0 fully saturated rings. The fraction of sp³-hybridized carbons (Fsp3) is 0.160. The van der Waals surface area contributed by atoms with E-state index in [1.165, 1.54) is 6.07 Å². The molecule has 0 spiro atoms. The largest absolute Gasteiger partial charge is 0.387 e. The molecule has 1 heterocycles. The van der Waals surface area contributed by atoms with Gasteiger partial charge in [0.15, 0.2) is 0 Å². The Morgan fingerprint density at radius 1 is 1.00 bits per heavy atom. The molecule has 0 bridgehead atoms. The van der Waals surface area contributed by atoms with Crippen molar-refractivity contribution in [1.29, 1.82) is 0 Å². The number of aryl methyl sites for hydroxylation is 1. The summed E-state index contributed by atoms with van der Waals surface area (Å²) in [5, 5.41) is 18.3. The minimum atomic E-state index is -1.09. The second-order valence-corrected chi connectivity index (χ2v) is 7.41. The summed E-state index contributed by atoms with van der Waals surface area (Å²) in [4.78, 5) is 0. The summed E-state index contributed by atoms with van der Waals surface area (Å²) in [7, 11) is 0. The molecule has 0 aliphatic heterocycles. The van der Waals surface area contributed by atoms with E-state index in [0.717, 1.165) is 40.2 Å². The van der Waals surface area contributed by atoms with Gasteiger partial charge in [0.25, 0.3) is 0 Å². The standard InChI is InChI=1S/C25H23F2N3O/c1-17-7-5-6-10-23(17)30-16-19(25(29-30)18-8-3-2-4-9-18)14-28-15-24(31)21-12-11-20(26)13-22(21)27/h2-13,16,24,28,31H,14-15H2,1H3. The molecule has 158 valence electrons. The van der Waals surface area contributed by atoms with E-state index in [9.17, 15) is 13.9 Å². The zero-order valence-corrected chi connectivity index (χ0v) is 17.1. The van der Waals surface area contributed by atoms with Gasteiger partial charge in [-0.3, -0.25) is 0 Å². The van der Waals surface area contributed by atoms with Crippen molar-refractivity contribution in [2.45, 2.75) is 19.6 Å². The van der Waals surface area contributed by atoms with Gasteiger partial charge in [0, 0.05) is 42.0 Å². The number of hydrogen-bond donors (Lipinski definition) is 2. The van der Waals surface area contributed by atoms with E-state index in [-0.39, 0.29) is 12.1 Å². The van der Waals surface area contributed by atoms with Crippen molar-refractivity contribution in [2.24, 2.45) is 0 Å². The number of rotatable bonds is 7. The number of aliphatic hydroxyl groups is 1. The van der Waals surface area contributed by atoms with Crippen molar-refractivity contribution in [3.8, 4) is 16.9 Å². The molecule has 0 aliphatic rings. The van der Waals surface area contributed by atoms with E-state index in [2.05, 4.69) is 5.32 Å². The highest BCUT2D eigenvalue weighted by Gasteiger charge is 2.16. The van der Waals surface area contributed by atoms with Gasteiger partial charge in [-0.25, -0.2) is 13.5 Å². The molecule has 2 N–H and O–H groups in total. The normalized spacial score (nSPS) is 12.1. The first-order chi connectivity index (χ1) is 15.0. The molecule has 4 rings (SSSR count). The fourth-order valence-corrected chi connectivity index (χ4v) is 3.55. The molecule has 31 heavy (non-hydrogen) atoms. The van der Waals surface area contributed by atoms with Gasteiger partial charge < -0.3 is 10.4 Å². The van der Waals surface area contributed by atoms with Crippen molar-refractivity contribution >= 4 is 0 Å². The Bertz CT molecular complexity index is 1170. The Labute approximate surface area is 179 Å². The molecule has 1 aromatic heterocycles. The molecule has 0 aliphatic carbocycles. The molecular weight excluding hydrogens is 396 g/mol. The molecule has 1 unspecified atom stereocenters. The summed E-state index contributed by atoms with van der Waals surface area (Å²) in [5.74, 6) is -1.43. The van der Waals surface area contributed by atoms with Crippen LogP contribution in [0, 0.1) is 18.6 Å². The maximum Gasteiger partial charge on any atom is 0.131 e. The van der Waals surface area contributed by atoms with Crippen LogP contribution in [-0.4, -0.2) is 21.4 Å². The van der Waals surface area contributed by atoms with E-state index in [1.54, 1.807) is 0 Å². The van der Waals surface area contributed by atoms with Crippen LogP contribution in [0.15, 0.2) is 79.0 Å². The molecule has 6 heteroatoms. The van der Waals surface area contributed by atoms with Gasteiger partial charge >= 0.3 is 0 Å². The lowest BCUT2D eigenvalue weighted by molar-refractivity contribution is 0.169. The third-order valence-electron chi connectivity index (χ3n) is 5.17. The smallest absolute Gasteiger partial charge is 0.131 e. The van der Waals surface area contributed by atoms with Crippen LogP contribution in [-0.2, 0) is 6.54 Å². The van der Waals surface area contributed by atoms with E-state index < -0.39 is 17.7 Å². The predicted octanol–water partition coefficient (Wildman–Crippen LogP) is 4.95. The monoisotopic (exact) mass is 419 g/mol. The molecular formula is C25H23F2N3O.